The van der Waals surface area contributed by atoms with Crippen LogP contribution in [-0.2, 0) is 4.79 Å². The number of hydrogen-bond donors (Lipinski definition) is 2. The summed E-state index contributed by atoms with van der Waals surface area (Å²) in [5.74, 6) is -1.09. The van der Waals surface area contributed by atoms with Gasteiger partial charge in [0.25, 0.3) is 5.91 Å². The largest absolute Gasteiger partial charge is 0.484 e. The van der Waals surface area contributed by atoms with Gasteiger partial charge in [-0.1, -0.05) is 13.8 Å². The lowest BCUT2D eigenvalue weighted by Crippen LogP contribution is -2.50. The second-order valence-electron chi connectivity index (χ2n) is 5.14. The van der Waals surface area contributed by atoms with E-state index in [4.69, 9.17) is 15.1 Å². The van der Waals surface area contributed by atoms with Gasteiger partial charge in [-0.3, -0.25) is 4.79 Å². The highest BCUT2D eigenvalue weighted by Crippen LogP contribution is 2.15. The van der Waals surface area contributed by atoms with Gasteiger partial charge in [0.2, 0.25) is 0 Å². The summed E-state index contributed by atoms with van der Waals surface area (Å²) in [4.78, 5) is 22.5. The number of rotatable bonds is 6. The number of aromatic carboxylic acids is 1. The van der Waals surface area contributed by atoms with E-state index < -0.39 is 17.4 Å². The average molecular weight is 290 g/mol. The van der Waals surface area contributed by atoms with E-state index in [9.17, 15) is 9.59 Å². The van der Waals surface area contributed by atoms with Gasteiger partial charge >= 0.3 is 5.97 Å². The lowest BCUT2D eigenvalue weighted by atomic mass is 9.90. The predicted molar refractivity (Wildman–Crippen MR) is 75.9 cm³/mol. The number of carbonyl (C=O) groups excluding carboxylic acids is 1. The number of nitrogens with zero attached hydrogens (tertiary/aromatic N) is 1. The van der Waals surface area contributed by atoms with Crippen molar-refractivity contribution in [3.05, 3.63) is 29.8 Å². The third-order valence-corrected chi connectivity index (χ3v) is 3.26. The molecule has 0 aliphatic rings. The monoisotopic (exact) mass is 290 g/mol. The van der Waals surface area contributed by atoms with Crippen LogP contribution in [0, 0.1) is 17.2 Å². The second-order valence-corrected chi connectivity index (χ2v) is 5.14. The van der Waals surface area contributed by atoms with Crippen molar-refractivity contribution in [2.75, 3.05) is 6.61 Å². The Morgan fingerprint density at radius 2 is 1.95 bits per heavy atom. The molecule has 0 fully saturated rings. The highest BCUT2D eigenvalue weighted by molar-refractivity contribution is 5.87. The fourth-order valence-electron chi connectivity index (χ4n) is 1.47. The summed E-state index contributed by atoms with van der Waals surface area (Å²) in [5, 5.41) is 20.5. The first-order chi connectivity index (χ1) is 9.78. The van der Waals surface area contributed by atoms with E-state index in [0.717, 1.165) is 0 Å². The van der Waals surface area contributed by atoms with Crippen LogP contribution in [0.15, 0.2) is 24.3 Å². The molecule has 1 aromatic rings. The fourth-order valence-corrected chi connectivity index (χ4v) is 1.47. The van der Waals surface area contributed by atoms with Crippen molar-refractivity contribution in [3.63, 3.8) is 0 Å². The zero-order chi connectivity index (χ0) is 16.0. The van der Waals surface area contributed by atoms with E-state index >= 15 is 0 Å². The molecule has 21 heavy (non-hydrogen) atoms. The Kier molecular flexibility index (Phi) is 5.30. The molecule has 1 rings (SSSR count). The van der Waals surface area contributed by atoms with Crippen LogP contribution < -0.4 is 10.1 Å². The molecule has 0 radical (unpaired) electrons. The standard InChI is InChI=1S/C15H18N2O4/c1-10(2)15(3,9-16)17-13(18)8-21-12-6-4-11(5-7-12)14(19)20/h4-7,10H,8H2,1-3H3,(H,17,18)(H,19,20). The smallest absolute Gasteiger partial charge is 0.335 e. The minimum absolute atomic E-state index is 0.0405. The number of amides is 1. The molecular weight excluding hydrogens is 272 g/mol. The van der Waals surface area contributed by atoms with Crippen molar-refractivity contribution in [2.24, 2.45) is 5.92 Å². The van der Waals surface area contributed by atoms with Crippen molar-refractivity contribution < 1.29 is 19.4 Å². The van der Waals surface area contributed by atoms with Crippen molar-refractivity contribution in [3.8, 4) is 11.8 Å². The summed E-state index contributed by atoms with van der Waals surface area (Å²) >= 11 is 0. The molecule has 0 aromatic heterocycles. The van der Waals surface area contributed by atoms with E-state index in [0.29, 0.717) is 5.75 Å². The zero-order valence-electron chi connectivity index (χ0n) is 12.2. The van der Waals surface area contributed by atoms with Crippen molar-refractivity contribution in [1.29, 1.82) is 5.26 Å². The zero-order valence-corrected chi connectivity index (χ0v) is 12.2. The molecule has 6 nitrogen and oxygen atoms in total. The fraction of sp³-hybridized carbons (Fsp3) is 0.400. The van der Waals surface area contributed by atoms with E-state index in [-0.39, 0.29) is 18.1 Å². The molecule has 1 unspecified atom stereocenters. The first-order valence-electron chi connectivity index (χ1n) is 6.47. The third-order valence-electron chi connectivity index (χ3n) is 3.26. The Morgan fingerprint density at radius 3 is 2.38 bits per heavy atom. The van der Waals surface area contributed by atoms with Crippen LogP contribution in [0.3, 0.4) is 0 Å². The van der Waals surface area contributed by atoms with Gasteiger partial charge in [0.05, 0.1) is 11.6 Å². The summed E-state index contributed by atoms with van der Waals surface area (Å²) in [6.07, 6.45) is 0. The maximum atomic E-state index is 11.8. The van der Waals surface area contributed by atoms with Crippen LogP contribution >= 0.6 is 0 Å². The van der Waals surface area contributed by atoms with Crippen LogP contribution in [-0.4, -0.2) is 29.1 Å². The topological polar surface area (TPSA) is 99.4 Å². The first-order valence-corrected chi connectivity index (χ1v) is 6.47. The van der Waals surface area contributed by atoms with Gasteiger partial charge in [0, 0.05) is 0 Å². The number of benzene rings is 1. The summed E-state index contributed by atoms with van der Waals surface area (Å²) in [7, 11) is 0. The highest BCUT2D eigenvalue weighted by atomic mass is 16.5. The van der Waals surface area contributed by atoms with Crippen LogP contribution in [0.5, 0.6) is 5.75 Å². The number of nitrogens with one attached hydrogen (secondary N) is 1. The van der Waals surface area contributed by atoms with Gasteiger partial charge in [-0.15, -0.1) is 0 Å². The molecule has 2 N–H and O–H groups in total. The lowest BCUT2D eigenvalue weighted by Gasteiger charge is -2.27. The van der Waals surface area contributed by atoms with Gasteiger partial charge in [-0.05, 0) is 37.1 Å². The molecule has 1 aromatic carbocycles. The molecule has 0 spiro atoms. The van der Waals surface area contributed by atoms with Crippen molar-refractivity contribution >= 4 is 11.9 Å². The Balaban J connectivity index is 2.57. The third kappa shape index (κ3) is 4.49. The van der Waals surface area contributed by atoms with Crippen molar-refractivity contribution in [1.82, 2.24) is 5.32 Å². The first kappa shape index (κ1) is 16.5. The SMILES string of the molecule is CC(C)C(C)(C#N)NC(=O)COc1ccc(C(=O)O)cc1. The van der Waals surface area contributed by atoms with E-state index in [2.05, 4.69) is 11.4 Å². The molecule has 112 valence electrons. The highest BCUT2D eigenvalue weighted by Gasteiger charge is 2.29. The van der Waals surface area contributed by atoms with Crippen molar-refractivity contribution in [2.45, 2.75) is 26.3 Å². The van der Waals surface area contributed by atoms with E-state index in [1.807, 2.05) is 13.8 Å². The number of carboxylic acids is 1. The van der Waals surface area contributed by atoms with Gasteiger partial charge in [-0.25, -0.2) is 4.79 Å². The molecule has 6 heteroatoms. The van der Waals surface area contributed by atoms with Gasteiger partial charge in [0.1, 0.15) is 11.3 Å². The second kappa shape index (κ2) is 6.75. The molecule has 0 saturated carbocycles. The van der Waals surface area contributed by atoms with Gasteiger partial charge in [-0.2, -0.15) is 5.26 Å². The summed E-state index contributed by atoms with van der Waals surface area (Å²) in [6, 6.07) is 7.81. The minimum Gasteiger partial charge on any atom is -0.484 e. The van der Waals surface area contributed by atoms with E-state index in [1.165, 1.54) is 24.3 Å². The maximum absolute atomic E-state index is 11.8. The maximum Gasteiger partial charge on any atom is 0.335 e. The predicted octanol–water partition coefficient (Wildman–Crippen LogP) is 1.82. The molecule has 0 aliphatic heterocycles. The Bertz CT molecular complexity index is 560. The summed E-state index contributed by atoms with van der Waals surface area (Å²) < 4.78 is 5.26. The molecule has 0 heterocycles. The number of carbonyl (C=O) groups is 2. The normalized spacial score (nSPS) is 13.1. The van der Waals surface area contributed by atoms with Gasteiger partial charge < -0.3 is 15.2 Å². The average Bonchev–Trinajstić information content (AvgIpc) is 2.45. The lowest BCUT2D eigenvalue weighted by molar-refractivity contribution is -0.124. The molecule has 0 bridgehead atoms. The quantitative estimate of drug-likeness (QED) is 0.832. The number of hydrogen-bond acceptors (Lipinski definition) is 4. The Hall–Kier alpha value is -2.55. The summed E-state index contributed by atoms with van der Waals surface area (Å²) in [5.41, 5.74) is -0.809. The number of ether oxygens (including phenoxy) is 1. The van der Waals surface area contributed by atoms with Crippen LogP contribution in [0.1, 0.15) is 31.1 Å². The minimum atomic E-state index is -1.03. The number of nitriles is 1. The molecular formula is C15H18N2O4. The molecule has 1 amide bonds. The summed E-state index contributed by atoms with van der Waals surface area (Å²) in [6.45, 7) is 5.09. The van der Waals surface area contributed by atoms with E-state index in [1.54, 1.807) is 6.92 Å². The Morgan fingerprint density at radius 1 is 1.38 bits per heavy atom. The van der Waals surface area contributed by atoms with Crippen LogP contribution in [0.2, 0.25) is 0 Å². The molecule has 0 saturated heterocycles. The van der Waals surface area contributed by atoms with Crippen LogP contribution in [0.25, 0.3) is 0 Å². The Labute approximate surface area is 123 Å². The molecule has 0 aliphatic carbocycles. The van der Waals surface area contributed by atoms with Gasteiger partial charge in [0.15, 0.2) is 6.61 Å². The molecule has 1 atom stereocenters. The van der Waals surface area contributed by atoms with Crippen LogP contribution in [0.4, 0.5) is 0 Å². The number of carboxylic acid groups (broad SMARTS) is 1.